The van der Waals surface area contributed by atoms with E-state index in [9.17, 15) is 0 Å². The fraction of sp³-hybridized carbons (Fsp3) is 0.778. The first kappa shape index (κ1) is 8.69. The van der Waals surface area contributed by atoms with E-state index in [4.69, 9.17) is 0 Å². The molecule has 0 aromatic carbocycles. The van der Waals surface area contributed by atoms with E-state index >= 15 is 0 Å². The summed E-state index contributed by atoms with van der Waals surface area (Å²) < 4.78 is 1.82. The van der Waals surface area contributed by atoms with Gasteiger partial charge in [0.1, 0.15) is 0 Å². The second-order valence-corrected chi connectivity index (χ2v) is 3.71. The van der Waals surface area contributed by atoms with Crippen LogP contribution in [-0.4, -0.2) is 21.0 Å². The lowest BCUT2D eigenvalue weighted by Crippen LogP contribution is -2.26. The molecule has 0 unspecified atom stereocenters. The number of rotatable bonds is 3. The van der Waals surface area contributed by atoms with Gasteiger partial charge in [-0.1, -0.05) is 18.1 Å². The van der Waals surface area contributed by atoms with Crippen molar-refractivity contribution < 1.29 is 0 Å². The largest absolute Gasteiger partial charge is 0.308 e. The molecule has 4 nitrogen and oxygen atoms in total. The molecule has 72 valence electrons. The summed E-state index contributed by atoms with van der Waals surface area (Å²) in [6, 6.07) is 0.717. The van der Waals surface area contributed by atoms with Crippen LogP contribution in [0.15, 0.2) is 6.20 Å². The minimum Gasteiger partial charge on any atom is -0.308 e. The maximum Gasteiger partial charge on any atom is 0.0738 e. The molecule has 0 radical (unpaired) electrons. The van der Waals surface area contributed by atoms with Gasteiger partial charge in [-0.2, -0.15) is 0 Å². The molecule has 0 bridgehead atoms. The van der Waals surface area contributed by atoms with E-state index in [2.05, 4.69) is 15.6 Å². The normalized spacial score (nSPS) is 18.2. The van der Waals surface area contributed by atoms with Gasteiger partial charge in [-0.05, 0) is 12.8 Å². The summed E-state index contributed by atoms with van der Waals surface area (Å²) in [7, 11) is 1.93. The Balaban J connectivity index is 1.82. The van der Waals surface area contributed by atoms with Crippen molar-refractivity contribution in [2.45, 2.75) is 38.3 Å². The zero-order valence-corrected chi connectivity index (χ0v) is 8.03. The SMILES string of the molecule is Cn1nncc1CNC1CCCC1. The summed E-state index contributed by atoms with van der Waals surface area (Å²) in [6.45, 7) is 0.897. The lowest BCUT2D eigenvalue weighted by Gasteiger charge is -2.10. The minimum absolute atomic E-state index is 0.717. The van der Waals surface area contributed by atoms with E-state index in [-0.39, 0.29) is 0 Å². The van der Waals surface area contributed by atoms with Gasteiger partial charge in [0, 0.05) is 19.6 Å². The first-order chi connectivity index (χ1) is 6.36. The van der Waals surface area contributed by atoms with Crippen LogP contribution in [0.1, 0.15) is 31.4 Å². The van der Waals surface area contributed by atoms with E-state index in [1.54, 1.807) is 0 Å². The van der Waals surface area contributed by atoms with Crippen molar-refractivity contribution in [1.82, 2.24) is 20.3 Å². The second-order valence-electron chi connectivity index (χ2n) is 3.71. The highest BCUT2D eigenvalue weighted by molar-refractivity contribution is 4.93. The Hall–Kier alpha value is -0.900. The molecule has 1 aliphatic rings. The van der Waals surface area contributed by atoms with E-state index < -0.39 is 0 Å². The fourth-order valence-corrected chi connectivity index (χ4v) is 1.85. The lowest BCUT2D eigenvalue weighted by atomic mass is 10.2. The van der Waals surface area contributed by atoms with Crippen LogP contribution >= 0.6 is 0 Å². The molecular formula is C9H16N4. The Morgan fingerprint density at radius 1 is 1.54 bits per heavy atom. The van der Waals surface area contributed by atoms with E-state index in [0.29, 0.717) is 0 Å². The number of hydrogen-bond acceptors (Lipinski definition) is 3. The van der Waals surface area contributed by atoms with Gasteiger partial charge in [-0.25, -0.2) is 0 Å². The molecule has 0 aliphatic heterocycles. The van der Waals surface area contributed by atoms with Gasteiger partial charge < -0.3 is 5.32 Å². The Morgan fingerprint density at radius 2 is 2.31 bits per heavy atom. The molecule has 1 N–H and O–H groups in total. The second kappa shape index (κ2) is 3.87. The molecule has 1 aromatic heterocycles. The number of nitrogens with zero attached hydrogens (tertiary/aromatic N) is 3. The molecule has 1 fully saturated rings. The molecule has 1 heterocycles. The van der Waals surface area contributed by atoms with E-state index in [1.807, 2.05) is 17.9 Å². The van der Waals surface area contributed by atoms with Gasteiger partial charge in [0.15, 0.2) is 0 Å². The van der Waals surface area contributed by atoms with E-state index in [1.165, 1.54) is 25.7 Å². The highest BCUT2D eigenvalue weighted by Crippen LogP contribution is 2.17. The molecule has 0 spiro atoms. The highest BCUT2D eigenvalue weighted by atomic mass is 15.4. The van der Waals surface area contributed by atoms with Crippen molar-refractivity contribution in [2.24, 2.45) is 7.05 Å². The molecule has 0 atom stereocenters. The van der Waals surface area contributed by atoms with Crippen molar-refractivity contribution in [2.75, 3.05) is 0 Å². The first-order valence-corrected chi connectivity index (χ1v) is 4.93. The minimum atomic E-state index is 0.717. The highest BCUT2D eigenvalue weighted by Gasteiger charge is 2.14. The van der Waals surface area contributed by atoms with Crippen LogP contribution in [0.5, 0.6) is 0 Å². The predicted molar refractivity (Wildman–Crippen MR) is 50.1 cm³/mol. The van der Waals surface area contributed by atoms with Gasteiger partial charge in [0.25, 0.3) is 0 Å². The van der Waals surface area contributed by atoms with Crippen LogP contribution in [0.2, 0.25) is 0 Å². The molecule has 0 amide bonds. The van der Waals surface area contributed by atoms with Crippen molar-refractivity contribution >= 4 is 0 Å². The predicted octanol–water partition coefficient (Wildman–Crippen LogP) is 0.847. The number of nitrogens with one attached hydrogen (secondary N) is 1. The third-order valence-corrected chi connectivity index (χ3v) is 2.74. The number of aryl methyl sites for hydroxylation is 1. The molecule has 13 heavy (non-hydrogen) atoms. The van der Waals surface area contributed by atoms with Crippen LogP contribution in [0.25, 0.3) is 0 Å². The third kappa shape index (κ3) is 2.06. The quantitative estimate of drug-likeness (QED) is 0.749. The molecular weight excluding hydrogens is 164 g/mol. The zero-order valence-electron chi connectivity index (χ0n) is 8.03. The summed E-state index contributed by atoms with van der Waals surface area (Å²) >= 11 is 0. The van der Waals surface area contributed by atoms with Crippen molar-refractivity contribution in [3.05, 3.63) is 11.9 Å². The average Bonchev–Trinajstić information content (AvgIpc) is 2.72. The zero-order chi connectivity index (χ0) is 9.10. The number of hydrogen-bond donors (Lipinski definition) is 1. The van der Waals surface area contributed by atoms with Gasteiger partial charge >= 0.3 is 0 Å². The summed E-state index contributed by atoms with van der Waals surface area (Å²) in [4.78, 5) is 0. The topological polar surface area (TPSA) is 42.7 Å². The fourth-order valence-electron chi connectivity index (χ4n) is 1.85. The Morgan fingerprint density at radius 3 is 2.92 bits per heavy atom. The maximum atomic E-state index is 3.89. The maximum absolute atomic E-state index is 3.89. The van der Waals surface area contributed by atoms with Gasteiger partial charge in [-0.15, -0.1) is 5.10 Å². The van der Waals surface area contributed by atoms with E-state index in [0.717, 1.165) is 18.3 Å². The standard InChI is InChI=1S/C9H16N4/c1-13-9(7-11-12-13)6-10-8-4-2-3-5-8/h7-8,10H,2-6H2,1H3. The van der Waals surface area contributed by atoms with Crippen molar-refractivity contribution in [3.8, 4) is 0 Å². The van der Waals surface area contributed by atoms with Gasteiger partial charge in [0.05, 0.1) is 11.9 Å². The van der Waals surface area contributed by atoms with Gasteiger partial charge in [0.2, 0.25) is 0 Å². The molecule has 0 saturated heterocycles. The average molecular weight is 180 g/mol. The third-order valence-electron chi connectivity index (χ3n) is 2.74. The van der Waals surface area contributed by atoms with Crippen LogP contribution in [-0.2, 0) is 13.6 Å². The van der Waals surface area contributed by atoms with Crippen molar-refractivity contribution in [1.29, 1.82) is 0 Å². The Bertz CT molecular complexity index is 262. The Labute approximate surface area is 78.3 Å². The smallest absolute Gasteiger partial charge is 0.0738 e. The summed E-state index contributed by atoms with van der Waals surface area (Å²) in [5.74, 6) is 0. The lowest BCUT2D eigenvalue weighted by molar-refractivity contribution is 0.507. The first-order valence-electron chi connectivity index (χ1n) is 4.93. The molecule has 1 aromatic rings. The van der Waals surface area contributed by atoms with Gasteiger partial charge in [-0.3, -0.25) is 4.68 Å². The van der Waals surface area contributed by atoms with Crippen molar-refractivity contribution in [3.63, 3.8) is 0 Å². The molecule has 2 rings (SSSR count). The Kier molecular flexibility index (Phi) is 2.59. The monoisotopic (exact) mass is 180 g/mol. The molecule has 4 heteroatoms. The number of aromatic nitrogens is 3. The molecule has 1 saturated carbocycles. The van der Waals surface area contributed by atoms with Crippen LogP contribution in [0.3, 0.4) is 0 Å². The summed E-state index contributed by atoms with van der Waals surface area (Å²) in [6.07, 6.45) is 7.22. The molecule has 1 aliphatic carbocycles. The van der Waals surface area contributed by atoms with Crippen LogP contribution in [0, 0.1) is 0 Å². The van der Waals surface area contributed by atoms with Crippen LogP contribution < -0.4 is 5.32 Å². The summed E-state index contributed by atoms with van der Waals surface area (Å²) in [5, 5.41) is 11.3. The summed E-state index contributed by atoms with van der Waals surface area (Å²) in [5.41, 5.74) is 1.16. The van der Waals surface area contributed by atoms with Crippen LogP contribution in [0.4, 0.5) is 0 Å².